The number of amides is 2. The summed E-state index contributed by atoms with van der Waals surface area (Å²) in [5, 5.41) is 3.64. The van der Waals surface area contributed by atoms with Crippen LogP contribution in [0.2, 0.25) is 0 Å². The minimum atomic E-state index is -4.56. The maximum atomic E-state index is 13.3. The first kappa shape index (κ1) is 25.9. The molecule has 0 aliphatic carbocycles. The number of rotatable bonds is 7. The van der Waals surface area contributed by atoms with Crippen molar-refractivity contribution in [2.75, 3.05) is 52.6 Å². The molecule has 4 rings (SSSR count). The van der Waals surface area contributed by atoms with Gasteiger partial charge in [0.2, 0.25) is 11.8 Å². The normalized spacial score (nSPS) is 20.9. The van der Waals surface area contributed by atoms with Gasteiger partial charge < -0.3 is 24.0 Å². The zero-order chi connectivity index (χ0) is 25.8. The number of alkyl halides is 3. The van der Waals surface area contributed by atoms with Gasteiger partial charge in [0.05, 0.1) is 44.5 Å². The molecule has 2 amide bonds. The summed E-state index contributed by atoms with van der Waals surface area (Å²) in [5.41, 5.74) is -2.16. The molecule has 36 heavy (non-hydrogen) atoms. The fraction of sp³-hybridized carbons (Fsp3) is 0.522. The third-order valence-corrected chi connectivity index (χ3v) is 6.01. The van der Waals surface area contributed by atoms with Crippen LogP contribution in [0.3, 0.4) is 0 Å². The molecule has 1 aromatic heterocycles. The molecule has 1 atom stereocenters. The lowest BCUT2D eigenvalue weighted by atomic mass is 9.96. The Labute approximate surface area is 204 Å². The zero-order valence-corrected chi connectivity index (χ0v) is 19.4. The lowest BCUT2D eigenvalue weighted by molar-refractivity contribution is -0.167. The minimum absolute atomic E-state index is 0.0174. The molecule has 0 spiro atoms. The number of nitrogens with zero attached hydrogens (tertiary/aromatic N) is 4. The van der Waals surface area contributed by atoms with E-state index >= 15 is 0 Å². The van der Waals surface area contributed by atoms with E-state index < -0.39 is 35.6 Å². The highest BCUT2D eigenvalue weighted by Crippen LogP contribution is 2.29. The minimum Gasteiger partial charge on any atom is -0.490 e. The number of hydrogen-bond acceptors (Lipinski definition) is 6. The smallest absolute Gasteiger partial charge is 0.419 e. The van der Waals surface area contributed by atoms with E-state index in [4.69, 9.17) is 14.2 Å². The quantitative estimate of drug-likeness (QED) is 0.526. The molecule has 2 saturated heterocycles. The third kappa shape index (κ3) is 6.52. The van der Waals surface area contributed by atoms with E-state index in [0.717, 1.165) is 10.9 Å². The molecule has 13 heteroatoms. The Morgan fingerprint density at radius 2 is 1.72 bits per heavy atom. The number of carbonyl (C=O) groups is 2. The molecule has 0 saturated carbocycles. The van der Waals surface area contributed by atoms with Gasteiger partial charge in [-0.05, 0) is 24.3 Å². The van der Waals surface area contributed by atoms with Gasteiger partial charge in [-0.25, -0.2) is 4.39 Å². The van der Waals surface area contributed by atoms with Crippen LogP contribution in [0.4, 0.5) is 17.6 Å². The summed E-state index contributed by atoms with van der Waals surface area (Å²) in [6.45, 7) is 1.46. The topological polar surface area (TPSA) is 86.1 Å². The highest BCUT2D eigenvalue weighted by atomic mass is 19.4. The average Bonchev–Trinajstić information content (AvgIpc) is 3.34. The number of ether oxygens (including phenoxy) is 3. The van der Waals surface area contributed by atoms with Crippen LogP contribution in [0.5, 0.6) is 5.75 Å². The van der Waals surface area contributed by atoms with Crippen molar-refractivity contribution in [2.24, 2.45) is 0 Å². The fourth-order valence-electron chi connectivity index (χ4n) is 4.08. The molecule has 2 aromatic rings. The van der Waals surface area contributed by atoms with Gasteiger partial charge >= 0.3 is 6.18 Å². The van der Waals surface area contributed by atoms with E-state index in [0.29, 0.717) is 38.2 Å². The van der Waals surface area contributed by atoms with Crippen LogP contribution in [0.1, 0.15) is 12.0 Å². The first-order valence-corrected chi connectivity index (χ1v) is 11.4. The standard InChI is InChI=1S/C23H26F4N4O5/c24-18-1-3-19(4-2-18)35-16-22(11-20(32)29-5-8-34-9-6-29)15-30(7-10-36-22)21(33)14-31-13-17(12-28-31)23(25,26)27/h1-4,12-13H,5-11,14-16H2/t22-/m0/s1. The third-order valence-electron chi connectivity index (χ3n) is 6.01. The summed E-state index contributed by atoms with van der Waals surface area (Å²) in [6, 6.07) is 5.35. The van der Waals surface area contributed by atoms with Crippen LogP contribution < -0.4 is 4.74 Å². The lowest BCUT2D eigenvalue weighted by Crippen LogP contribution is -2.59. The van der Waals surface area contributed by atoms with Crippen molar-refractivity contribution >= 4 is 11.8 Å². The van der Waals surface area contributed by atoms with Crippen molar-refractivity contribution < 1.29 is 41.4 Å². The second-order valence-corrected chi connectivity index (χ2v) is 8.68. The summed E-state index contributed by atoms with van der Waals surface area (Å²) >= 11 is 0. The monoisotopic (exact) mass is 514 g/mol. The Hall–Kier alpha value is -3.19. The summed E-state index contributed by atoms with van der Waals surface area (Å²) in [6.07, 6.45) is -3.22. The Morgan fingerprint density at radius 3 is 2.39 bits per heavy atom. The Kier molecular flexibility index (Phi) is 7.79. The Balaban J connectivity index is 1.47. The van der Waals surface area contributed by atoms with E-state index in [1.165, 1.54) is 29.2 Å². The SMILES string of the molecule is O=C(C[C@@]1(COc2ccc(F)cc2)CN(C(=O)Cn2cc(C(F)(F)F)cn2)CCO1)N1CCOCC1. The van der Waals surface area contributed by atoms with E-state index in [1.807, 2.05) is 0 Å². The van der Waals surface area contributed by atoms with Gasteiger partial charge in [0, 0.05) is 25.8 Å². The van der Waals surface area contributed by atoms with Gasteiger partial charge in [0.15, 0.2) is 0 Å². The maximum Gasteiger partial charge on any atom is 0.419 e. The number of hydrogen-bond donors (Lipinski definition) is 0. The molecule has 0 unspecified atom stereocenters. The van der Waals surface area contributed by atoms with Crippen LogP contribution in [-0.4, -0.2) is 89.6 Å². The molecule has 2 aliphatic rings. The number of benzene rings is 1. The van der Waals surface area contributed by atoms with Crippen LogP contribution in [-0.2, 0) is 31.8 Å². The van der Waals surface area contributed by atoms with E-state index in [-0.39, 0.29) is 38.6 Å². The lowest BCUT2D eigenvalue weighted by Gasteiger charge is -2.43. The molecule has 0 bridgehead atoms. The summed E-state index contributed by atoms with van der Waals surface area (Å²) < 4.78 is 69.9. The zero-order valence-electron chi connectivity index (χ0n) is 19.4. The fourth-order valence-corrected chi connectivity index (χ4v) is 4.08. The van der Waals surface area contributed by atoms with Crippen LogP contribution in [0.25, 0.3) is 0 Å². The average molecular weight is 514 g/mol. The summed E-state index contributed by atoms with van der Waals surface area (Å²) in [7, 11) is 0. The molecule has 0 radical (unpaired) electrons. The molecular formula is C23H26F4N4O5. The molecule has 9 nitrogen and oxygen atoms in total. The van der Waals surface area contributed by atoms with Gasteiger partial charge in [-0.3, -0.25) is 14.3 Å². The maximum absolute atomic E-state index is 13.3. The first-order chi connectivity index (χ1) is 17.1. The van der Waals surface area contributed by atoms with E-state index in [1.54, 1.807) is 4.90 Å². The Morgan fingerprint density at radius 1 is 1.03 bits per heavy atom. The molecule has 1 aromatic carbocycles. The van der Waals surface area contributed by atoms with Crippen LogP contribution >= 0.6 is 0 Å². The van der Waals surface area contributed by atoms with Crippen molar-refractivity contribution in [3.8, 4) is 5.75 Å². The highest BCUT2D eigenvalue weighted by Gasteiger charge is 2.42. The predicted octanol–water partition coefficient (Wildman–Crippen LogP) is 1.97. The van der Waals surface area contributed by atoms with Crippen molar-refractivity contribution in [2.45, 2.75) is 24.7 Å². The Bertz CT molecular complexity index is 1060. The summed E-state index contributed by atoms with van der Waals surface area (Å²) in [5.74, 6) is -0.743. The number of carbonyl (C=O) groups excluding carboxylic acids is 2. The molecular weight excluding hydrogens is 488 g/mol. The van der Waals surface area contributed by atoms with Crippen LogP contribution in [0.15, 0.2) is 36.7 Å². The molecule has 2 aliphatic heterocycles. The van der Waals surface area contributed by atoms with Crippen molar-refractivity contribution in [1.82, 2.24) is 19.6 Å². The molecule has 2 fully saturated rings. The van der Waals surface area contributed by atoms with Gasteiger partial charge in [0.25, 0.3) is 0 Å². The predicted molar refractivity (Wildman–Crippen MR) is 116 cm³/mol. The summed E-state index contributed by atoms with van der Waals surface area (Å²) in [4.78, 5) is 29.1. The van der Waals surface area contributed by atoms with Gasteiger partial charge in [-0.15, -0.1) is 0 Å². The van der Waals surface area contributed by atoms with Crippen LogP contribution in [0, 0.1) is 5.82 Å². The van der Waals surface area contributed by atoms with Gasteiger partial charge in [-0.2, -0.15) is 18.3 Å². The number of morpholine rings is 2. The molecule has 196 valence electrons. The highest BCUT2D eigenvalue weighted by molar-refractivity contribution is 5.78. The largest absolute Gasteiger partial charge is 0.490 e. The molecule has 0 N–H and O–H groups in total. The van der Waals surface area contributed by atoms with Crippen molar-refractivity contribution in [3.63, 3.8) is 0 Å². The van der Waals surface area contributed by atoms with Crippen molar-refractivity contribution in [3.05, 3.63) is 48.0 Å². The first-order valence-electron chi connectivity index (χ1n) is 11.4. The second-order valence-electron chi connectivity index (χ2n) is 8.68. The van der Waals surface area contributed by atoms with Gasteiger partial charge in [-0.1, -0.05) is 0 Å². The number of aromatic nitrogens is 2. The second kappa shape index (κ2) is 10.8. The van der Waals surface area contributed by atoms with E-state index in [9.17, 15) is 27.2 Å². The number of halogens is 4. The van der Waals surface area contributed by atoms with E-state index in [2.05, 4.69) is 5.10 Å². The molecule has 3 heterocycles. The van der Waals surface area contributed by atoms with Crippen molar-refractivity contribution in [1.29, 1.82) is 0 Å². The van der Waals surface area contributed by atoms with Gasteiger partial charge in [0.1, 0.15) is 30.3 Å².